The van der Waals surface area contributed by atoms with Gasteiger partial charge >= 0.3 is 0 Å². The van der Waals surface area contributed by atoms with Crippen molar-refractivity contribution in [3.05, 3.63) is 35.3 Å². The van der Waals surface area contributed by atoms with E-state index in [1.165, 1.54) is 17.3 Å². The molecular formula is C14H17FN2. The molecule has 1 aliphatic rings. The molecular weight excluding hydrogens is 215 g/mol. The van der Waals surface area contributed by atoms with Crippen molar-refractivity contribution in [1.82, 2.24) is 4.57 Å². The van der Waals surface area contributed by atoms with Crippen molar-refractivity contribution >= 4 is 10.9 Å². The number of aryl methyl sites for hydroxylation is 1. The van der Waals surface area contributed by atoms with Crippen LogP contribution in [0, 0.1) is 5.82 Å². The van der Waals surface area contributed by atoms with E-state index in [1.807, 2.05) is 6.07 Å². The standard InChI is InChI=1S/C14H17FN2/c1-2-14(16)17-12-5-3-4-10(12)11-8-9(15)6-7-13(11)17/h6-8,14H,2-5,16H2,1H3. The van der Waals surface area contributed by atoms with Gasteiger partial charge in [0.25, 0.3) is 0 Å². The molecule has 0 fully saturated rings. The number of aromatic nitrogens is 1. The number of hydrogen-bond acceptors (Lipinski definition) is 1. The highest BCUT2D eigenvalue weighted by molar-refractivity contribution is 5.86. The molecule has 0 spiro atoms. The van der Waals surface area contributed by atoms with Gasteiger partial charge in [-0.25, -0.2) is 4.39 Å². The molecule has 90 valence electrons. The summed E-state index contributed by atoms with van der Waals surface area (Å²) in [6.07, 6.45) is 4.18. The Morgan fingerprint density at radius 3 is 3.00 bits per heavy atom. The zero-order valence-electron chi connectivity index (χ0n) is 10.0. The van der Waals surface area contributed by atoms with Crippen LogP contribution in [0.4, 0.5) is 4.39 Å². The van der Waals surface area contributed by atoms with Crippen LogP contribution in [-0.4, -0.2) is 4.57 Å². The molecule has 0 amide bonds. The fourth-order valence-corrected chi connectivity index (χ4v) is 2.95. The molecule has 0 saturated heterocycles. The molecule has 1 atom stereocenters. The fraction of sp³-hybridized carbons (Fsp3) is 0.429. The lowest BCUT2D eigenvalue weighted by molar-refractivity contribution is 0.506. The van der Waals surface area contributed by atoms with Crippen molar-refractivity contribution in [2.75, 3.05) is 0 Å². The Hall–Kier alpha value is -1.35. The van der Waals surface area contributed by atoms with Crippen molar-refractivity contribution in [3.63, 3.8) is 0 Å². The second-order valence-electron chi connectivity index (χ2n) is 4.79. The van der Waals surface area contributed by atoms with E-state index >= 15 is 0 Å². The van der Waals surface area contributed by atoms with Gasteiger partial charge in [-0.1, -0.05) is 6.92 Å². The zero-order chi connectivity index (χ0) is 12.0. The third-order valence-electron chi connectivity index (χ3n) is 3.77. The summed E-state index contributed by atoms with van der Waals surface area (Å²) in [5, 5.41) is 1.06. The third-order valence-corrected chi connectivity index (χ3v) is 3.77. The first-order chi connectivity index (χ1) is 8.22. The van der Waals surface area contributed by atoms with E-state index in [2.05, 4.69) is 11.5 Å². The molecule has 3 rings (SSSR count). The summed E-state index contributed by atoms with van der Waals surface area (Å²) in [6.45, 7) is 2.08. The van der Waals surface area contributed by atoms with E-state index < -0.39 is 0 Å². The van der Waals surface area contributed by atoms with E-state index in [-0.39, 0.29) is 12.0 Å². The van der Waals surface area contributed by atoms with Crippen LogP contribution in [0.1, 0.15) is 37.2 Å². The van der Waals surface area contributed by atoms with Gasteiger partial charge in [-0.2, -0.15) is 0 Å². The zero-order valence-corrected chi connectivity index (χ0v) is 10.0. The molecule has 1 aromatic heterocycles. The average molecular weight is 232 g/mol. The lowest BCUT2D eigenvalue weighted by Gasteiger charge is -2.16. The Labute approximate surface area is 100 Å². The van der Waals surface area contributed by atoms with E-state index in [4.69, 9.17) is 5.73 Å². The Bertz CT molecular complexity index is 571. The second-order valence-corrected chi connectivity index (χ2v) is 4.79. The first kappa shape index (κ1) is 10.8. The lowest BCUT2D eigenvalue weighted by Crippen LogP contribution is -2.19. The molecule has 0 aliphatic heterocycles. The molecule has 1 heterocycles. The number of hydrogen-bond donors (Lipinski definition) is 1. The van der Waals surface area contributed by atoms with Gasteiger partial charge in [-0.3, -0.25) is 0 Å². The topological polar surface area (TPSA) is 30.9 Å². The van der Waals surface area contributed by atoms with E-state index in [0.717, 1.165) is 36.6 Å². The van der Waals surface area contributed by atoms with Crippen molar-refractivity contribution in [3.8, 4) is 0 Å². The molecule has 2 N–H and O–H groups in total. The van der Waals surface area contributed by atoms with Gasteiger partial charge < -0.3 is 10.3 Å². The molecule has 1 aliphatic carbocycles. The maximum atomic E-state index is 13.4. The average Bonchev–Trinajstić information content (AvgIpc) is 2.88. The number of nitrogens with two attached hydrogens (primary N) is 1. The van der Waals surface area contributed by atoms with Gasteiger partial charge in [-0.15, -0.1) is 0 Å². The first-order valence-corrected chi connectivity index (χ1v) is 6.29. The van der Waals surface area contributed by atoms with Crippen LogP contribution in [0.5, 0.6) is 0 Å². The normalized spacial score (nSPS) is 16.4. The maximum absolute atomic E-state index is 13.4. The van der Waals surface area contributed by atoms with Gasteiger partial charge in [0.05, 0.1) is 11.7 Å². The van der Waals surface area contributed by atoms with Crippen LogP contribution in [-0.2, 0) is 12.8 Å². The predicted molar refractivity (Wildman–Crippen MR) is 67.4 cm³/mol. The highest BCUT2D eigenvalue weighted by Crippen LogP contribution is 2.35. The number of benzene rings is 1. The minimum Gasteiger partial charge on any atom is -0.329 e. The summed E-state index contributed by atoms with van der Waals surface area (Å²) in [7, 11) is 0. The second kappa shape index (κ2) is 3.84. The van der Waals surface area contributed by atoms with Crippen LogP contribution >= 0.6 is 0 Å². The quantitative estimate of drug-likeness (QED) is 0.847. The third kappa shape index (κ3) is 1.49. The number of nitrogens with zero attached hydrogens (tertiary/aromatic N) is 1. The Kier molecular flexibility index (Phi) is 2.44. The van der Waals surface area contributed by atoms with Gasteiger partial charge in [-0.05, 0) is 49.4 Å². The van der Waals surface area contributed by atoms with Crippen LogP contribution < -0.4 is 5.73 Å². The van der Waals surface area contributed by atoms with Crippen molar-refractivity contribution in [1.29, 1.82) is 0 Å². The Morgan fingerprint density at radius 1 is 1.41 bits per heavy atom. The lowest BCUT2D eigenvalue weighted by atomic mass is 10.1. The molecule has 1 unspecified atom stereocenters. The SMILES string of the molecule is CCC(N)n1c2c(c3cc(F)ccc31)CCC2. The van der Waals surface area contributed by atoms with Crippen LogP contribution in [0.25, 0.3) is 10.9 Å². The van der Waals surface area contributed by atoms with Gasteiger partial charge in [0.2, 0.25) is 0 Å². The molecule has 3 heteroatoms. The molecule has 17 heavy (non-hydrogen) atoms. The van der Waals surface area contributed by atoms with Gasteiger partial charge in [0, 0.05) is 11.1 Å². The minimum atomic E-state index is -0.158. The number of rotatable bonds is 2. The summed E-state index contributed by atoms with van der Waals surface area (Å²) >= 11 is 0. The largest absolute Gasteiger partial charge is 0.329 e. The summed E-state index contributed by atoms with van der Waals surface area (Å²) in [5.41, 5.74) is 9.90. The fourth-order valence-electron chi connectivity index (χ4n) is 2.95. The summed E-state index contributed by atoms with van der Waals surface area (Å²) < 4.78 is 15.6. The molecule has 0 bridgehead atoms. The molecule has 1 aromatic carbocycles. The van der Waals surface area contributed by atoms with Gasteiger partial charge in [0.1, 0.15) is 5.82 Å². The summed E-state index contributed by atoms with van der Waals surface area (Å²) in [5.74, 6) is -0.158. The summed E-state index contributed by atoms with van der Waals surface area (Å²) in [6, 6.07) is 5.03. The highest BCUT2D eigenvalue weighted by Gasteiger charge is 2.23. The predicted octanol–water partition coefficient (Wildman–Crippen LogP) is 3.14. The Morgan fingerprint density at radius 2 is 2.24 bits per heavy atom. The van der Waals surface area contributed by atoms with Crippen molar-refractivity contribution in [2.45, 2.75) is 38.8 Å². The molecule has 2 nitrogen and oxygen atoms in total. The van der Waals surface area contributed by atoms with E-state index in [1.54, 1.807) is 6.07 Å². The van der Waals surface area contributed by atoms with Crippen LogP contribution in [0.2, 0.25) is 0 Å². The minimum absolute atomic E-state index is 0.00445. The van der Waals surface area contributed by atoms with E-state index in [0.29, 0.717) is 0 Å². The monoisotopic (exact) mass is 232 g/mol. The Balaban J connectivity index is 2.33. The highest BCUT2D eigenvalue weighted by atomic mass is 19.1. The smallest absolute Gasteiger partial charge is 0.123 e. The van der Waals surface area contributed by atoms with Gasteiger partial charge in [0.15, 0.2) is 0 Å². The van der Waals surface area contributed by atoms with Crippen LogP contribution in [0.15, 0.2) is 18.2 Å². The summed E-state index contributed by atoms with van der Waals surface area (Å²) in [4.78, 5) is 0. The number of fused-ring (bicyclic) bond motifs is 3. The molecule has 0 saturated carbocycles. The molecule has 0 radical (unpaired) electrons. The number of halogens is 1. The first-order valence-electron chi connectivity index (χ1n) is 6.29. The van der Waals surface area contributed by atoms with E-state index in [9.17, 15) is 4.39 Å². The molecule has 2 aromatic rings. The van der Waals surface area contributed by atoms with Crippen molar-refractivity contribution < 1.29 is 4.39 Å². The van der Waals surface area contributed by atoms with Crippen molar-refractivity contribution in [2.24, 2.45) is 5.73 Å². The van der Waals surface area contributed by atoms with Crippen LogP contribution in [0.3, 0.4) is 0 Å². The maximum Gasteiger partial charge on any atom is 0.123 e.